The van der Waals surface area contributed by atoms with Gasteiger partial charge in [-0.25, -0.2) is 9.97 Å². The predicted molar refractivity (Wildman–Crippen MR) is 102 cm³/mol. The quantitative estimate of drug-likeness (QED) is 0.702. The summed E-state index contributed by atoms with van der Waals surface area (Å²) in [6.07, 6.45) is 0. The second kappa shape index (κ2) is 9.35. The summed E-state index contributed by atoms with van der Waals surface area (Å²) < 4.78 is 5.08. The first-order chi connectivity index (χ1) is 11.5. The highest BCUT2D eigenvalue weighted by Gasteiger charge is 1.99. The summed E-state index contributed by atoms with van der Waals surface area (Å²) in [6, 6.07) is 13.6. The van der Waals surface area contributed by atoms with E-state index in [4.69, 9.17) is 16.2 Å². The number of nitrogen functional groups attached to an aromatic ring is 2. The molecule has 24 heavy (non-hydrogen) atoms. The standard InChI is InChI=1S/C9H12O.C8H8N4.C2H6/c1-7-4-8(2)6-9(5-7)10-3;9-7-8(10)12-6-4-2-1-3-5(6)11-7;1-2/h4-6H,1-3H3;1-4H,(H2,9,11)(H2,10,12);1-2H3. The molecule has 0 atom stereocenters. The lowest BCUT2D eigenvalue weighted by Gasteiger charge is -2.01. The van der Waals surface area contributed by atoms with Gasteiger partial charge in [0.1, 0.15) is 5.75 Å². The number of hydrogen-bond acceptors (Lipinski definition) is 5. The van der Waals surface area contributed by atoms with Gasteiger partial charge >= 0.3 is 0 Å². The molecule has 128 valence electrons. The molecular formula is C19H26N4O. The Hall–Kier alpha value is -2.82. The molecule has 0 aliphatic heterocycles. The number of hydrogen-bond donors (Lipinski definition) is 2. The van der Waals surface area contributed by atoms with Gasteiger partial charge in [0.2, 0.25) is 0 Å². The van der Waals surface area contributed by atoms with Crippen molar-refractivity contribution in [2.45, 2.75) is 27.7 Å². The zero-order chi connectivity index (χ0) is 18.1. The number of rotatable bonds is 1. The van der Waals surface area contributed by atoms with Crippen molar-refractivity contribution >= 4 is 22.7 Å². The van der Waals surface area contributed by atoms with Gasteiger partial charge in [0, 0.05) is 0 Å². The van der Waals surface area contributed by atoms with Gasteiger partial charge in [-0.2, -0.15) is 0 Å². The number of nitrogens with zero attached hydrogens (tertiary/aromatic N) is 2. The number of nitrogens with two attached hydrogens (primary N) is 2. The van der Waals surface area contributed by atoms with Crippen LogP contribution in [0.4, 0.5) is 11.6 Å². The first-order valence-corrected chi connectivity index (χ1v) is 7.89. The Morgan fingerprint density at radius 2 is 1.21 bits per heavy atom. The van der Waals surface area contributed by atoms with Crippen LogP contribution in [0.5, 0.6) is 5.75 Å². The maximum Gasteiger partial charge on any atom is 0.166 e. The molecule has 0 amide bonds. The fourth-order valence-electron chi connectivity index (χ4n) is 2.08. The summed E-state index contributed by atoms with van der Waals surface area (Å²) in [5.41, 5.74) is 15.0. The van der Waals surface area contributed by atoms with Crippen LogP contribution < -0.4 is 16.2 Å². The Balaban J connectivity index is 0.000000221. The van der Waals surface area contributed by atoms with Crippen LogP contribution in [0, 0.1) is 13.8 Å². The summed E-state index contributed by atoms with van der Waals surface area (Å²) in [6.45, 7) is 8.13. The van der Waals surface area contributed by atoms with Gasteiger partial charge in [-0.1, -0.05) is 32.0 Å². The molecule has 5 heteroatoms. The smallest absolute Gasteiger partial charge is 0.166 e. The van der Waals surface area contributed by atoms with Gasteiger partial charge in [0.05, 0.1) is 18.1 Å². The van der Waals surface area contributed by atoms with E-state index in [1.165, 1.54) is 11.1 Å². The molecule has 0 saturated carbocycles. The van der Waals surface area contributed by atoms with Crippen LogP contribution in [-0.2, 0) is 0 Å². The molecule has 0 fully saturated rings. The highest BCUT2D eigenvalue weighted by Crippen LogP contribution is 2.15. The fraction of sp³-hybridized carbons (Fsp3) is 0.263. The third kappa shape index (κ3) is 5.43. The number of aromatic nitrogens is 2. The van der Waals surface area contributed by atoms with Crippen LogP contribution in [0.15, 0.2) is 42.5 Å². The minimum Gasteiger partial charge on any atom is -0.497 e. The molecular weight excluding hydrogens is 300 g/mol. The lowest BCUT2D eigenvalue weighted by molar-refractivity contribution is 0.414. The molecule has 4 N–H and O–H groups in total. The summed E-state index contributed by atoms with van der Waals surface area (Å²) in [5.74, 6) is 1.51. The molecule has 2 aromatic carbocycles. The van der Waals surface area contributed by atoms with Crippen LogP contribution in [0.25, 0.3) is 11.0 Å². The predicted octanol–water partition coefficient (Wildman–Crippen LogP) is 4.13. The molecule has 3 aromatic rings. The molecule has 1 heterocycles. The van der Waals surface area contributed by atoms with E-state index in [1.54, 1.807) is 7.11 Å². The van der Waals surface area contributed by atoms with Gasteiger partial charge in [-0.05, 0) is 49.2 Å². The van der Waals surface area contributed by atoms with Gasteiger partial charge in [-0.3, -0.25) is 0 Å². The number of anilines is 2. The molecule has 0 radical (unpaired) electrons. The highest BCUT2D eigenvalue weighted by atomic mass is 16.5. The number of methoxy groups -OCH3 is 1. The average molecular weight is 326 g/mol. The lowest BCUT2D eigenvalue weighted by atomic mass is 10.1. The third-order valence-electron chi connectivity index (χ3n) is 3.06. The Kier molecular flexibility index (Phi) is 7.49. The number of aryl methyl sites for hydroxylation is 2. The molecule has 0 unspecified atom stereocenters. The van der Waals surface area contributed by atoms with Crippen molar-refractivity contribution in [2.24, 2.45) is 0 Å². The Morgan fingerprint density at radius 1 is 0.792 bits per heavy atom. The maximum atomic E-state index is 5.49. The number of para-hydroxylation sites is 2. The van der Waals surface area contributed by atoms with Gasteiger partial charge < -0.3 is 16.2 Å². The number of fused-ring (bicyclic) bond motifs is 1. The van der Waals surface area contributed by atoms with Crippen molar-refractivity contribution < 1.29 is 4.74 Å². The summed E-state index contributed by atoms with van der Waals surface area (Å²) in [4.78, 5) is 8.13. The van der Waals surface area contributed by atoms with Crippen molar-refractivity contribution in [3.8, 4) is 5.75 Å². The summed E-state index contributed by atoms with van der Waals surface area (Å²) in [7, 11) is 1.69. The summed E-state index contributed by atoms with van der Waals surface area (Å²) in [5, 5.41) is 0. The zero-order valence-electron chi connectivity index (χ0n) is 15.0. The lowest BCUT2D eigenvalue weighted by Crippen LogP contribution is -2.00. The van der Waals surface area contributed by atoms with E-state index in [2.05, 4.69) is 29.9 Å². The molecule has 5 nitrogen and oxygen atoms in total. The fourth-order valence-corrected chi connectivity index (χ4v) is 2.08. The second-order valence-corrected chi connectivity index (χ2v) is 5.01. The van der Waals surface area contributed by atoms with Crippen molar-refractivity contribution in [1.29, 1.82) is 0 Å². The zero-order valence-corrected chi connectivity index (χ0v) is 15.0. The third-order valence-corrected chi connectivity index (χ3v) is 3.06. The van der Waals surface area contributed by atoms with E-state index in [0.29, 0.717) is 0 Å². The van der Waals surface area contributed by atoms with Gasteiger partial charge in [0.15, 0.2) is 11.6 Å². The van der Waals surface area contributed by atoms with Crippen LogP contribution in [0.1, 0.15) is 25.0 Å². The normalized spacial score (nSPS) is 9.38. The van der Waals surface area contributed by atoms with Gasteiger partial charge in [-0.15, -0.1) is 0 Å². The van der Waals surface area contributed by atoms with Crippen LogP contribution in [0.2, 0.25) is 0 Å². The highest BCUT2D eigenvalue weighted by molar-refractivity contribution is 5.78. The van der Waals surface area contributed by atoms with E-state index in [0.717, 1.165) is 16.8 Å². The molecule has 0 aliphatic carbocycles. The van der Waals surface area contributed by atoms with E-state index in [9.17, 15) is 0 Å². The van der Waals surface area contributed by atoms with Crippen molar-refractivity contribution in [3.63, 3.8) is 0 Å². The average Bonchev–Trinajstić information content (AvgIpc) is 2.57. The molecule has 3 rings (SSSR count). The topological polar surface area (TPSA) is 87.0 Å². The van der Waals surface area contributed by atoms with Crippen molar-refractivity contribution in [1.82, 2.24) is 9.97 Å². The number of benzene rings is 2. The molecule has 0 aliphatic rings. The Labute approximate surface area is 143 Å². The monoisotopic (exact) mass is 326 g/mol. The van der Waals surface area contributed by atoms with Crippen molar-refractivity contribution in [3.05, 3.63) is 53.6 Å². The largest absolute Gasteiger partial charge is 0.497 e. The van der Waals surface area contributed by atoms with Crippen LogP contribution >= 0.6 is 0 Å². The van der Waals surface area contributed by atoms with E-state index in [1.807, 2.05) is 50.2 Å². The maximum absolute atomic E-state index is 5.49. The molecule has 0 spiro atoms. The first-order valence-electron chi connectivity index (χ1n) is 7.89. The Bertz CT molecular complexity index is 727. The van der Waals surface area contributed by atoms with E-state index < -0.39 is 0 Å². The molecule has 0 bridgehead atoms. The van der Waals surface area contributed by atoms with E-state index >= 15 is 0 Å². The first kappa shape index (κ1) is 19.2. The Morgan fingerprint density at radius 3 is 1.58 bits per heavy atom. The van der Waals surface area contributed by atoms with Gasteiger partial charge in [0.25, 0.3) is 0 Å². The SMILES string of the molecule is CC.COc1cc(C)cc(C)c1.Nc1nc2ccccc2nc1N. The minimum atomic E-state index is 0.286. The van der Waals surface area contributed by atoms with E-state index in [-0.39, 0.29) is 11.6 Å². The van der Waals surface area contributed by atoms with Crippen molar-refractivity contribution in [2.75, 3.05) is 18.6 Å². The van der Waals surface area contributed by atoms with Crippen LogP contribution in [0.3, 0.4) is 0 Å². The number of ether oxygens (including phenoxy) is 1. The minimum absolute atomic E-state index is 0.286. The second-order valence-electron chi connectivity index (χ2n) is 5.01. The summed E-state index contributed by atoms with van der Waals surface area (Å²) >= 11 is 0. The van der Waals surface area contributed by atoms with Crippen LogP contribution in [-0.4, -0.2) is 17.1 Å². The molecule has 0 saturated heterocycles. The molecule has 1 aromatic heterocycles.